The fourth-order valence-electron chi connectivity index (χ4n) is 3.34. The van der Waals surface area contributed by atoms with Crippen molar-refractivity contribution in [3.05, 3.63) is 36.4 Å². The van der Waals surface area contributed by atoms with E-state index in [-0.39, 0.29) is 11.4 Å². The summed E-state index contributed by atoms with van der Waals surface area (Å²) in [5.41, 5.74) is 1.98. The summed E-state index contributed by atoms with van der Waals surface area (Å²) in [6.45, 7) is 10.8. The van der Waals surface area contributed by atoms with Crippen LogP contribution in [0.25, 0.3) is 11.2 Å². The highest BCUT2D eigenvalue weighted by Crippen LogP contribution is 2.23. The molecule has 0 aromatic carbocycles. The summed E-state index contributed by atoms with van der Waals surface area (Å²) in [5.74, 6) is 0.595. The van der Waals surface area contributed by atoms with Gasteiger partial charge in [0.15, 0.2) is 0 Å². The van der Waals surface area contributed by atoms with Crippen LogP contribution < -0.4 is 4.90 Å². The van der Waals surface area contributed by atoms with E-state index in [9.17, 15) is 4.79 Å². The molecular formula is C20H26N8O2. The van der Waals surface area contributed by atoms with Gasteiger partial charge in [-0.3, -0.25) is 9.80 Å². The average Bonchev–Trinajstić information content (AvgIpc) is 3.18. The molecule has 10 nitrogen and oxygen atoms in total. The molecule has 4 heterocycles. The second kappa shape index (κ2) is 8.41. The minimum atomic E-state index is -0.253. The van der Waals surface area contributed by atoms with E-state index in [2.05, 4.69) is 51.0 Å². The van der Waals surface area contributed by atoms with E-state index in [0.717, 1.165) is 25.2 Å². The maximum atomic E-state index is 13.5. The predicted octanol–water partition coefficient (Wildman–Crippen LogP) is 1.72. The molecule has 30 heavy (non-hydrogen) atoms. The molecule has 1 fully saturated rings. The zero-order chi connectivity index (χ0) is 21.1. The van der Waals surface area contributed by atoms with Crippen LogP contribution in [0, 0.1) is 0 Å². The standard InChI is InChI=1S/C20H26N8O2/c1-20(2,3)15-4-5-17(21-12-15)27(7-6-26-8-10-30-11-9-26)19(29)28-14-22-18-16(28)13-23-25-24-18/h4-5,12-14H,6-11H2,1-3H3. The van der Waals surface area contributed by atoms with Crippen LogP contribution in [0.5, 0.6) is 0 Å². The van der Waals surface area contributed by atoms with Crippen LogP contribution in [0.2, 0.25) is 0 Å². The number of imidazole rings is 1. The van der Waals surface area contributed by atoms with E-state index < -0.39 is 0 Å². The molecule has 4 rings (SSSR count). The fourth-order valence-corrected chi connectivity index (χ4v) is 3.34. The fraction of sp³-hybridized carbons (Fsp3) is 0.500. The molecule has 158 valence electrons. The molecule has 3 aromatic rings. The molecule has 0 aliphatic carbocycles. The lowest BCUT2D eigenvalue weighted by Crippen LogP contribution is -2.44. The molecule has 0 N–H and O–H groups in total. The summed E-state index contributed by atoms with van der Waals surface area (Å²) >= 11 is 0. The normalized spacial score (nSPS) is 15.4. The summed E-state index contributed by atoms with van der Waals surface area (Å²) in [5, 5.41) is 11.2. The van der Waals surface area contributed by atoms with Gasteiger partial charge in [0.05, 0.1) is 19.4 Å². The SMILES string of the molecule is CC(C)(C)c1ccc(N(CCN2CCOCC2)C(=O)n2cnc3nnncc32)nc1. The number of morpholine rings is 1. The summed E-state index contributed by atoms with van der Waals surface area (Å²) in [6.07, 6.45) is 4.78. The van der Waals surface area contributed by atoms with E-state index in [1.165, 1.54) is 17.1 Å². The summed E-state index contributed by atoms with van der Waals surface area (Å²) < 4.78 is 6.86. The largest absolute Gasteiger partial charge is 0.379 e. The Morgan fingerprint density at radius 3 is 2.67 bits per heavy atom. The van der Waals surface area contributed by atoms with Gasteiger partial charge in [0.25, 0.3) is 0 Å². The van der Waals surface area contributed by atoms with Gasteiger partial charge >= 0.3 is 6.03 Å². The van der Waals surface area contributed by atoms with Crippen molar-refractivity contribution < 1.29 is 9.53 Å². The number of aromatic nitrogens is 6. The molecule has 1 aliphatic rings. The molecular weight excluding hydrogens is 384 g/mol. The van der Waals surface area contributed by atoms with Gasteiger partial charge < -0.3 is 4.74 Å². The highest BCUT2D eigenvalue weighted by atomic mass is 16.5. The third-order valence-corrected chi connectivity index (χ3v) is 5.23. The molecule has 0 radical (unpaired) electrons. The Hall–Kier alpha value is -2.98. The van der Waals surface area contributed by atoms with Gasteiger partial charge in [0, 0.05) is 32.4 Å². The van der Waals surface area contributed by atoms with Gasteiger partial charge in [-0.05, 0) is 22.3 Å². The number of hydrogen-bond donors (Lipinski definition) is 0. The Kier molecular flexibility index (Phi) is 5.69. The molecule has 1 amide bonds. The molecule has 10 heteroatoms. The van der Waals surface area contributed by atoms with Crippen LogP contribution in [0.1, 0.15) is 26.3 Å². The van der Waals surface area contributed by atoms with Gasteiger partial charge in [-0.2, -0.15) is 0 Å². The Balaban J connectivity index is 1.63. The number of nitrogens with zero attached hydrogens (tertiary/aromatic N) is 8. The Morgan fingerprint density at radius 2 is 1.97 bits per heavy atom. The Bertz CT molecular complexity index is 1010. The highest BCUT2D eigenvalue weighted by molar-refractivity contribution is 5.97. The molecule has 0 spiro atoms. The molecule has 3 aromatic heterocycles. The molecule has 1 saturated heterocycles. The van der Waals surface area contributed by atoms with Crippen molar-refractivity contribution in [3.8, 4) is 0 Å². The first-order valence-electron chi connectivity index (χ1n) is 10.0. The summed E-state index contributed by atoms with van der Waals surface area (Å²) in [4.78, 5) is 26.2. The van der Waals surface area contributed by atoms with Crippen molar-refractivity contribution in [2.75, 3.05) is 44.3 Å². The van der Waals surface area contributed by atoms with Crippen LogP contribution in [0.4, 0.5) is 10.6 Å². The lowest BCUT2D eigenvalue weighted by atomic mass is 9.88. The van der Waals surface area contributed by atoms with Gasteiger partial charge in [-0.25, -0.2) is 19.3 Å². The zero-order valence-corrected chi connectivity index (χ0v) is 17.5. The number of hydrogen-bond acceptors (Lipinski definition) is 8. The van der Waals surface area contributed by atoms with Gasteiger partial charge in [0.2, 0.25) is 5.65 Å². The van der Waals surface area contributed by atoms with E-state index >= 15 is 0 Å². The Labute approximate surface area is 174 Å². The minimum absolute atomic E-state index is 0.0148. The summed E-state index contributed by atoms with van der Waals surface area (Å²) in [6, 6.07) is 3.67. The van der Waals surface area contributed by atoms with Crippen molar-refractivity contribution in [2.24, 2.45) is 0 Å². The third kappa shape index (κ3) is 4.29. The highest BCUT2D eigenvalue weighted by Gasteiger charge is 2.24. The first-order valence-corrected chi connectivity index (χ1v) is 10.0. The number of pyridine rings is 1. The number of fused-ring (bicyclic) bond motifs is 1. The van der Waals surface area contributed by atoms with Crippen molar-refractivity contribution in [2.45, 2.75) is 26.2 Å². The van der Waals surface area contributed by atoms with Gasteiger partial charge in [-0.1, -0.05) is 26.8 Å². The maximum Gasteiger partial charge on any atom is 0.335 e. The first kappa shape index (κ1) is 20.3. The minimum Gasteiger partial charge on any atom is -0.379 e. The van der Waals surface area contributed by atoms with Crippen LogP contribution >= 0.6 is 0 Å². The molecule has 0 atom stereocenters. The van der Waals surface area contributed by atoms with Crippen LogP contribution in [-0.4, -0.2) is 80.3 Å². The van der Waals surface area contributed by atoms with E-state index in [0.29, 0.717) is 36.7 Å². The van der Waals surface area contributed by atoms with Crippen molar-refractivity contribution in [3.63, 3.8) is 0 Å². The number of ether oxygens (including phenoxy) is 1. The molecule has 0 unspecified atom stereocenters. The second-order valence-electron chi connectivity index (χ2n) is 8.30. The van der Waals surface area contributed by atoms with E-state index in [4.69, 9.17) is 4.74 Å². The number of rotatable bonds is 4. The second-order valence-corrected chi connectivity index (χ2v) is 8.30. The number of anilines is 1. The van der Waals surface area contributed by atoms with Crippen LogP contribution in [-0.2, 0) is 10.2 Å². The van der Waals surface area contributed by atoms with Gasteiger partial charge in [-0.15, -0.1) is 10.2 Å². The van der Waals surface area contributed by atoms with Gasteiger partial charge in [0.1, 0.15) is 17.7 Å². The van der Waals surface area contributed by atoms with Crippen LogP contribution in [0.15, 0.2) is 30.9 Å². The molecule has 0 saturated carbocycles. The van der Waals surface area contributed by atoms with Crippen molar-refractivity contribution in [1.82, 2.24) is 34.8 Å². The first-order chi connectivity index (χ1) is 14.4. The third-order valence-electron chi connectivity index (χ3n) is 5.23. The average molecular weight is 410 g/mol. The lowest BCUT2D eigenvalue weighted by molar-refractivity contribution is 0.0393. The summed E-state index contributed by atoms with van der Waals surface area (Å²) in [7, 11) is 0. The number of carbonyl (C=O) groups excluding carboxylic acids is 1. The van der Waals surface area contributed by atoms with E-state index in [1.54, 1.807) is 4.90 Å². The lowest BCUT2D eigenvalue weighted by Gasteiger charge is -2.30. The predicted molar refractivity (Wildman–Crippen MR) is 111 cm³/mol. The number of amides is 1. The molecule has 0 bridgehead atoms. The van der Waals surface area contributed by atoms with Crippen molar-refractivity contribution >= 4 is 23.0 Å². The monoisotopic (exact) mass is 410 g/mol. The van der Waals surface area contributed by atoms with Crippen LogP contribution in [0.3, 0.4) is 0 Å². The smallest absolute Gasteiger partial charge is 0.335 e. The zero-order valence-electron chi connectivity index (χ0n) is 17.5. The van der Waals surface area contributed by atoms with E-state index in [1.807, 2.05) is 18.3 Å². The van der Waals surface area contributed by atoms with Crippen molar-refractivity contribution in [1.29, 1.82) is 0 Å². The topological polar surface area (TPSA) is 102 Å². The maximum absolute atomic E-state index is 13.5. The quantitative estimate of drug-likeness (QED) is 0.641. The molecule has 1 aliphatic heterocycles. The Morgan fingerprint density at radius 1 is 1.17 bits per heavy atom. The number of carbonyl (C=O) groups is 1.